The molecule has 4 rings (SSSR count). The summed E-state index contributed by atoms with van der Waals surface area (Å²) in [5.41, 5.74) is 2.42. The molecule has 30 heavy (non-hydrogen) atoms. The number of nitrogens with zero attached hydrogens (tertiary/aromatic N) is 4. The Morgan fingerprint density at radius 3 is 3.03 bits per heavy atom. The van der Waals surface area contributed by atoms with Crippen molar-refractivity contribution in [2.75, 3.05) is 26.7 Å². The van der Waals surface area contributed by atoms with E-state index in [4.69, 9.17) is 9.26 Å². The van der Waals surface area contributed by atoms with E-state index in [1.807, 2.05) is 35.1 Å². The predicted octanol–water partition coefficient (Wildman–Crippen LogP) is 2.82. The summed E-state index contributed by atoms with van der Waals surface area (Å²) in [5.74, 6) is 1.67. The lowest BCUT2D eigenvalue weighted by Gasteiger charge is -2.32. The average Bonchev–Trinajstić information content (AvgIpc) is 3.41. The van der Waals surface area contributed by atoms with Gasteiger partial charge in [-0.3, -0.25) is 9.69 Å². The largest absolute Gasteiger partial charge is 0.494 e. The Kier molecular flexibility index (Phi) is 6.13. The minimum absolute atomic E-state index is 0.179. The third-order valence-corrected chi connectivity index (χ3v) is 5.39. The number of rotatable bonds is 7. The van der Waals surface area contributed by atoms with Crippen molar-refractivity contribution >= 4 is 5.91 Å². The Morgan fingerprint density at radius 2 is 2.23 bits per heavy atom. The molecule has 0 aliphatic carbocycles. The number of likely N-dealkylation sites (tertiary alicyclic amines) is 1. The minimum Gasteiger partial charge on any atom is -0.494 e. The van der Waals surface area contributed by atoms with E-state index < -0.39 is 0 Å². The van der Waals surface area contributed by atoms with Gasteiger partial charge in [0.05, 0.1) is 13.3 Å². The number of hydrogen-bond donors (Lipinski definition) is 1. The van der Waals surface area contributed by atoms with Gasteiger partial charge in [-0.15, -0.1) is 0 Å². The highest BCUT2D eigenvalue weighted by molar-refractivity contribution is 5.92. The molecule has 1 fully saturated rings. The van der Waals surface area contributed by atoms with Gasteiger partial charge in [-0.1, -0.05) is 17.3 Å². The highest BCUT2D eigenvalue weighted by Gasteiger charge is 2.22. The van der Waals surface area contributed by atoms with Crippen LogP contribution in [-0.4, -0.2) is 52.5 Å². The number of aromatic nitrogens is 3. The molecular weight excluding hydrogens is 382 g/mol. The molecule has 2 aromatic heterocycles. The number of hydrogen-bond acceptors (Lipinski definition) is 6. The maximum atomic E-state index is 12.2. The smallest absolute Gasteiger partial charge is 0.273 e. The van der Waals surface area contributed by atoms with Crippen LogP contribution >= 0.6 is 0 Å². The van der Waals surface area contributed by atoms with Crippen LogP contribution in [0.25, 0.3) is 5.69 Å². The van der Waals surface area contributed by atoms with E-state index in [2.05, 4.69) is 26.7 Å². The van der Waals surface area contributed by atoms with E-state index >= 15 is 0 Å². The molecule has 8 nitrogen and oxygen atoms in total. The number of carbonyl (C=O) groups is 1. The maximum absolute atomic E-state index is 12.2. The summed E-state index contributed by atoms with van der Waals surface area (Å²) < 4.78 is 12.3. The summed E-state index contributed by atoms with van der Waals surface area (Å²) in [6.45, 7) is 5.24. The van der Waals surface area contributed by atoms with Crippen molar-refractivity contribution in [3.8, 4) is 11.4 Å². The van der Waals surface area contributed by atoms with E-state index in [0.717, 1.165) is 49.5 Å². The Bertz CT molecular complexity index is 996. The maximum Gasteiger partial charge on any atom is 0.273 e. The lowest BCUT2D eigenvalue weighted by molar-refractivity contribution is 0.0921. The van der Waals surface area contributed by atoms with E-state index in [1.54, 1.807) is 20.1 Å². The number of aryl methyl sites for hydroxylation is 1. The van der Waals surface area contributed by atoms with Gasteiger partial charge in [0.2, 0.25) is 0 Å². The van der Waals surface area contributed by atoms with Gasteiger partial charge in [-0.05, 0) is 44.4 Å². The minimum atomic E-state index is -0.179. The van der Waals surface area contributed by atoms with Crippen LogP contribution in [0.15, 0.2) is 47.2 Å². The number of ether oxygens (including phenoxy) is 1. The molecule has 1 aromatic carbocycles. The summed E-state index contributed by atoms with van der Waals surface area (Å²) in [5, 5.41) is 11.3. The van der Waals surface area contributed by atoms with Crippen LogP contribution in [0.1, 0.15) is 34.7 Å². The quantitative estimate of drug-likeness (QED) is 0.646. The second kappa shape index (κ2) is 9.13. The SMILES string of the molecule is COc1ccccc1-n1cc(CN2CCCC(CNC(=O)c3cc(C)on3)C2)cn1. The summed E-state index contributed by atoms with van der Waals surface area (Å²) in [4.78, 5) is 14.6. The molecule has 1 aliphatic rings. The standard InChI is InChI=1S/C22H27N5O3/c1-16-10-19(25-30-16)22(28)23-11-17-6-5-9-26(13-17)14-18-12-24-27(15-18)20-7-3-4-8-21(20)29-2/h3-4,7-8,10,12,15,17H,5-6,9,11,13-14H2,1-2H3,(H,23,28). The fourth-order valence-corrected chi connectivity index (χ4v) is 3.91. The topological polar surface area (TPSA) is 85.4 Å². The molecule has 1 unspecified atom stereocenters. The zero-order chi connectivity index (χ0) is 20.9. The Morgan fingerprint density at radius 1 is 1.37 bits per heavy atom. The predicted molar refractivity (Wildman–Crippen MR) is 112 cm³/mol. The van der Waals surface area contributed by atoms with Crippen molar-refractivity contribution in [3.05, 3.63) is 59.7 Å². The van der Waals surface area contributed by atoms with Crippen LogP contribution in [0.4, 0.5) is 0 Å². The molecule has 1 saturated heterocycles. The molecule has 0 radical (unpaired) electrons. The van der Waals surface area contributed by atoms with E-state index in [0.29, 0.717) is 23.9 Å². The van der Waals surface area contributed by atoms with Crippen molar-refractivity contribution in [1.29, 1.82) is 0 Å². The normalized spacial score (nSPS) is 17.1. The van der Waals surface area contributed by atoms with Gasteiger partial charge in [0.15, 0.2) is 5.69 Å². The third kappa shape index (κ3) is 4.71. The average molecular weight is 409 g/mol. The molecule has 0 bridgehead atoms. The second-order valence-corrected chi connectivity index (χ2v) is 7.74. The molecule has 0 spiro atoms. The summed E-state index contributed by atoms with van der Waals surface area (Å²) in [7, 11) is 1.67. The van der Waals surface area contributed by atoms with Gasteiger partial charge < -0.3 is 14.6 Å². The van der Waals surface area contributed by atoms with Gasteiger partial charge in [-0.2, -0.15) is 5.10 Å². The highest BCUT2D eigenvalue weighted by atomic mass is 16.5. The molecular formula is C22H27N5O3. The number of para-hydroxylation sites is 2. The van der Waals surface area contributed by atoms with Gasteiger partial charge in [0.1, 0.15) is 17.2 Å². The van der Waals surface area contributed by atoms with Crippen LogP contribution in [0.3, 0.4) is 0 Å². The fraction of sp³-hybridized carbons (Fsp3) is 0.409. The monoisotopic (exact) mass is 409 g/mol. The van der Waals surface area contributed by atoms with Crippen LogP contribution < -0.4 is 10.1 Å². The zero-order valence-corrected chi connectivity index (χ0v) is 17.4. The Balaban J connectivity index is 1.32. The molecule has 8 heteroatoms. The number of piperidine rings is 1. The molecule has 0 saturated carbocycles. The summed E-state index contributed by atoms with van der Waals surface area (Å²) >= 11 is 0. The van der Waals surface area contributed by atoms with Crippen LogP contribution in [-0.2, 0) is 6.54 Å². The molecule has 158 valence electrons. The van der Waals surface area contributed by atoms with Crippen LogP contribution in [0, 0.1) is 12.8 Å². The van der Waals surface area contributed by atoms with E-state index in [9.17, 15) is 4.79 Å². The highest BCUT2D eigenvalue weighted by Crippen LogP contribution is 2.23. The van der Waals surface area contributed by atoms with Crippen molar-refractivity contribution in [2.45, 2.75) is 26.3 Å². The van der Waals surface area contributed by atoms with Crippen molar-refractivity contribution in [1.82, 2.24) is 25.2 Å². The number of amides is 1. The molecule has 1 amide bonds. The van der Waals surface area contributed by atoms with Gasteiger partial charge >= 0.3 is 0 Å². The van der Waals surface area contributed by atoms with E-state index in [-0.39, 0.29) is 5.91 Å². The van der Waals surface area contributed by atoms with Crippen LogP contribution in [0.5, 0.6) is 5.75 Å². The third-order valence-electron chi connectivity index (χ3n) is 5.39. The van der Waals surface area contributed by atoms with E-state index in [1.165, 1.54) is 0 Å². The number of benzene rings is 1. The lowest BCUT2D eigenvalue weighted by atomic mass is 9.97. The van der Waals surface area contributed by atoms with Gasteiger partial charge in [-0.25, -0.2) is 4.68 Å². The molecule has 1 atom stereocenters. The lowest BCUT2D eigenvalue weighted by Crippen LogP contribution is -2.40. The summed E-state index contributed by atoms with van der Waals surface area (Å²) in [6.07, 6.45) is 6.18. The molecule has 3 aromatic rings. The number of carbonyl (C=O) groups excluding carboxylic acids is 1. The van der Waals surface area contributed by atoms with Crippen molar-refractivity contribution < 1.29 is 14.1 Å². The molecule has 1 N–H and O–H groups in total. The van der Waals surface area contributed by atoms with Gasteiger partial charge in [0, 0.05) is 37.5 Å². The zero-order valence-electron chi connectivity index (χ0n) is 17.4. The van der Waals surface area contributed by atoms with Crippen LogP contribution in [0.2, 0.25) is 0 Å². The molecule has 1 aliphatic heterocycles. The first kappa shape index (κ1) is 20.2. The first-order valence-corrected chi connectivity index (χ1v) is 10.2. The first-order valence-electron chi connectivity index (χ1n) is 10.2. The Labute approximate surface area is 175 Å². The Hall–Kier alpha value is -3.13. The molecule has 3 heterocycles. The summed E-state index contributed by atoms with van der Waals surface area (Å²) in [6, 6.07) is 9.50. The van der Waals surface area contributed by atoms with Gasteiger partial charge in [0.25, 0.3) is 5.91 Å². The van der Waals surface area contributed by atoms with Crippen molar-refractivity contribution in [2.24, 2.45) is 5.92 Å². The first-order chi connectivity index (χ1) is 14.6. The second-order valence-electron chi connectivity index (χ2n) is 7.74. The fourth-order valence-electron chi connectivity index (χ4n) is 3.91. The number of nitrogens with one attached hydrogen (secondary N) is 1. The number of methoxy groups -OCH3 is 1. The van der Waals surface area contributed by atoms with Crippen molar-refractivity contribution in [3.63, 3.8) is 0 Å².